The van der Waals surface area contributed by atoms with Crippen molar-refractivity contribution in [2.45, 2.75) is 0 Å². The molecule has 0 heterocycles. The number of rotatable bonds is 3. The third-order valence-electron chi connectivity index (χ3n) is 2.46. The van der Waals surface area contributed by atoms with E-state index in [1.54, 1.807) is 0 Å². The zero-order valence-corrected chi connectivity index (χ0v) is 10.3. The number of benzene rings is 2. The van der Waals surface area contributed by atoms with Crippen molar-refractivity contribution in [2.75, 3.05) is 0 Å². The van der Waals surface area contributed by atoms with Crippen molar-refractivity contribution in [2.24, 2.45) is 10.9 Å². The topological polar surface area (TPSA) is 67.8 Å². The third kappa shape index (κ3) is 3.22. The molecule has 0 saturated heterocycles. The Balaban J connectivity index is 2.41. The molecule has 0 bridgehead atoms. The van der Waals surface area contributed by atoms with Crippen molar-refractivity contribution in [1.29, 1.82) is 0 Å². The van der Waals surface area contributed by atoms with E-state index in [1.807, 2.05) is 0 Å². The van der Waals surface area contributed by atoms with Crippen LogP contribution in [0.4, 0.5) is 17.6 Å². The first kappa shape index (κ1) is 14.6. The Morgan fingerprint density at radius 1 is 0.952 bits per heavy atom. The Morgan fingerprint density at radius 2 is 1.48 bits per heavy atom. The SMILES string of the molecule is N/C(=N/O)c1cc(F)c(Oc2cc(F)cc(F)c2)c(F)c1. The van der Waals surface area contributed by atoms with E-state index >= 15 is 0 Å². The molecule has 0 aliphatic heterocycles. The van der Waals surface area contributed by atoms with Crippen LogP contribution in [0.1, 0.15) is 5.56 Å². The predicted octanol–water partition coefficient (Wildman–Crippen LogP) is 3.13. The summed E-state index contributed by atoms with van der Waals surface area (Å²) in [5.74, 6) is -6.06. The lowest BCUT2D eigenvalue weighted by Gasteiger charge is -2.09. The van der Waals surface area contributed by atoms with E-state index in [9.17, 15) is 17.6 Å². The van der Waals surface area contributed by atoms with E-state index in [-0.39, 0.29) is 5.56 Å². The van der Waals surface area contributed by atoms with Gasteiger partial charge >= 0.3 is 0 Å². The normalized spacial score (nSPS) is 11.5. The Hall–Kier alpha value is -2.77. The molecule has 21 heavy (non-hydrogen) atoms. The number of amidine groups is 1. The van der Waals surface area contributed by atoms with Gasteiger partial charge in [-0.1, -0.05) is 5.16 Å². The maximum atomic E-state index is 13.7. The monoisotopic (exact) mass is 300 g/mol. The van der Waals surface area contributed by atoms with Crippen molar-refractivity contribution in [1.82, 2.24) is 0 Å². The molecule has 0 unspecified atom stereocenters. The van der Waals surface area contributed by atoms with Crippen LogP contribution >= 0.6 is 0 Å². The van der Waals surface area contributed by atoms with Crippen LogP contribution in [-0.2, 0) is 0 Å². The molecular weight excluding hydrogens is 292 g/mol. The lowest BCUT2D eigenvalue weighted by atomic mass is 10.2. The zero-order chi connectivity index (χ0) is 15.6. The lowest BCUT2D eigenvalue weighted by molar-refractivity contribution is 0.318. The fraction of sp³-hybridized carbons (Fsp3) is 0. The van der Waals surface area contributed by atoms with E-state index in [4.69, 9.17) is 15.7 Å². The third-order valence-corrected chi connectivity index (χ3v) is 2.46. The molecule has 0 aromatic heterocycles. The molecule has 3 N–H and O–H groups in total. The minimum Gasteiger partial charge on any atom is -0.451 e. The van der Waals surface area contributed by atoms with Crippen LogP contribution < -0.4 is 10.5 Å². The second-order valence-corrected chi connectivity index (χ2v) is 3.96. The van der Waals surface area contributed by atoms with Crippen LogP contribution in [0.25, 0.3) is 0 Å². The van der Waals surface area contributed by atoms with E-state index < -0.39 is 40.6 Å². The Labute approximate surface area is 116 Å². The molecule has 0 radical (unpaired) electrons. The lowest BCUT2D eigenvalue weighted by Crippen LogP contribution is -2.14. The van der Waals surface area contributed by atoms with Gasteiger partial charge in [0.25, 0.3) is 0 Å². The maximum absolute atomic E-state index is 13.7. The number of nitrogens with zero attached hydrogens (tertiary/aromatic N) is 1. The average molecular weight is 300 g/mol. The molecule has 2 aromatic carbocycles. The maximum Gasteiger partial charge on any atom is 0.198 e. The van der Waals surface area contributed by atoms with Gasteiger partial charge in [0.05, 0.1) is 0 Å². The first-order valence-electron chi connectivity index (χ1n) is 5.51. The minimum atomic E-state index is -1.18. The molecule has 8 heteroatoms. The summed E-state index contributed by atoms with van der Waals surface area (Å²) in [6.45, 7) is 0. The van der Waals surface area contributed by atoms with Crippen LogP contribution in [0, 0.1) is 23.3 Å². The number of nitrogens with two attached hydrogens (primary N) is 1. The van der Waals surface area contributed by atoms with Gasteiger partial charge in [-0.25, -0.2) is 17.6 Å². The van der Waals surface area contributed by atoms with Crippen LogP contribution in [-0.4, -0.2) is 11.0 Å². The Kier molecular flexibility index (Phi) is 3.97. The summed E-state index contributed by atoms with van der Waals surface area (Å²) in [7, 11) is 0. The predicted molar refractivity (Wildman–Crippen MR) is 65.3 cm³/mol. The molecule has 0 spiro atoms. The molecule has 2 rings (SSSR count). The van der Waals surface area contributed by atoms with Gasteiger partial charge in [-0.05, 0) is 12.1 Å². The number of halogens is 4. The summed E-state index contributed by atoms with van der Waals surface area (Å²) < 4.78 is 58.3. The molecule has 110 valence electrons. The molecule has 2 aromatic rings. The van der Waals surface area contributed by atoms with Gasteiger partial charge in [-0.2, -0.15) is 0 Å². The molecule has 0 fully saturated rings. The summed E-state index contributed by atoms with van der Waals surface area (Å²) in [4.78, 5) is 0. The van der Waals surface area contributed by atoms with Crippen LogP contribution in [0.3, 0.4) is 0 Å². The molecule has 0 saturated carbocycles. The minimum absolute atomic E-state index is 0.217. The first-order valence-corrected chi connectivity index (χ1v) is 5.51. The van der Waals surface area contributed by atoms with Crippen molar-refractivity contribution in [3.05, 3.63) is 59.2 Å². The van der Waals surface area contributed by atoms with Gasteiger partial charge in [0, 0.05) is 23.8 Å². The highest BCUT2D eigenvalue weighted by Crippen LogP contribution is 2.29. The largest absolute Gasteiger partial charge is 0.451 e. The van der Waals surface area contributed by atoms with Crippen LogP contribution in [0.15, 0.2) is 35.5 Å². The van der Waals surface area contributed by atoms with Gasteiger partial charge in [0.1, 0.15) is 17.4 Å². The molecule has 0 amide bonds. The van der Waals surface area contributed by atoms with Crippen LogP contribution in [0.2, 0.25) is 0 Å². The van der Waals surface area contributed by atoms with Crippen molar-refractivity contribution in [3.8, 4) is 11.5 Å². The standard InChI is InChI=1S/C13H8F4N2O2/c14-7-3-8(15)5-9(4-7)21-12-10(16)1-6(2-11(12)17)13(18)19-20/h1-5,20H,(H2,18,19). The van der Waals surface area contributed by atoms with E-state index in [0.717, 1.165) is 24.3 Å². The number of ether oxygens (including phenoxy) is 1. The molecule has 0 aliphatic rings. The zero-order valence-electron chi connectivity index (χ0n) is 10.3. The van der Waals surface area contributed by atoms with Gasteiger partial charge in [0.15, 0.2) is 23.2 Å². The highest BCUT2D eigenvalue weighted by Gasteiger charge is 2.16. The van der Waals surface area contributed by atoms with Gasteiger partial charge < -0.3 is 15.7 Å². The second-order valence-electron chi connectivity index (χ2n) is 3.96. The van der Waals surface area contributed by atoms with Gasteiger partial charge in [0.2, 0.25) is 0 Å². The fourth-order valence-electron chi connectivity index (χ4n) is 1.57. The van der Waals surface area contributed by atoms with E-state index in [0.29, 0.717) is 6.07 Å². The molecule has 4 nitrogen and oxygen atoms in total. The van der Waals surface area contributed by atoms with Crippen LogP contribution in [0.5, 0.6) is 11.5 Å². The first-order chi connectivity index (χ1) is 9.90. The molecule has 0 aliphatic carbocycles. The number of oxime groups is 1. The summed E-state index contributed by atoms with van der Waals surface area (Å²) in [6, 6.07) is 3.62. The highest BCUT2D eigenvalue weighted by atomic mass is 19.1. The Morgan fingerprint density at radius 3 is 1.95 bits per heavy atom. The summed E-state index contributed by atoms with van der Waals surface area (Å²) in [6.07, 6.45) is 0. The molecule has 0 atom stereocenters. The number of hydrogen-bond acceptors (Lipinski definition) is 3. The second kappa shape index (κ2) is 5.70. The van der Waals surface area contributed by atoms with E-state index in [1.165, 1.54) is 0 Å². The summed E-state index contributed by atoms with van der Waals surface area (Å²) in [5.41, 5.74) is 4.98. The van der Waals surface area contributed by atoms with Crippen molar-refractivity contribution < 1.29 is 27.5 Å². The summed E-state index contributed by atoms with van der Waals surface area (Å²) in [5, 5.41) is 11.0. The Bertz CT molecular complexity index is 676. The molecular formula is C13H8F4N2O2. The fourth-order valence-corrected chi connectivity index (χ4v) is 1.57. The van der Waals surface area contributed by atoms with Crippen molar-refractivity contribution >= 4 is 5.84 Å². The van der Waals surface area contributed by atoms with E-state index in [2.05, 4.69) is 5.16 Å². The number of hydrogen-bond donors (Lipinski definition) is 2. The average Bonchev–Trinajstić information content (AvgIpc) is 2.40. The van der Waals surface area contributed by atoms with Crippen molar-refractivity contribution in [3.63, 3.8) is 0 Å². The van der Waals surface area contributed by atoms with Gasteiger partial charge in [-0.15, -0.1) is 0 Å². The smallest absolute Gasteiger partial charge is 0.198 e. The quantitative estimate of drug-likeness (QED) is 0.301. The summed E-state index contributed by atoms with van der Waals surface area (Å²) >= 11 is 0. The van der Waals surface area contributed by atoms with Gasteiger partial charge in [-0.3, -0.25) is 0 Å². The highest BCUT2D eigenvalue weighted by molar-refractivity contribution is 5.97.